The Bertz CT molecular complexity index is 458. The third-order valence-electron chi connectivity index (χ3n) is 3.63. The van der Waals surface area contributed by atoms with Crippen molar-refractivity contribution in [3.05, 3.63) is 23.8 Å². The van der Waals surface area contributed by atoms with Gasteiger partial charge < -0.3 is 20.5 Å². The second-order valence-corrected chi connectivity index (χ2v) is 4.73. The Hall–Kier alpha value is -1.75. The minimum atomic E-state index is -0.129. The van der Waals surface area contributed by atoms with Gasteiger partial charge in [-0.3, -0.25) is 4.79 Å². The molecule has 0 spiro atoms. The minimum absolute atomic E-state index is 0.0356. The molecule has 19 heavy (non-hydrogen) atoms. The summed E-state index contributed by atoms with van der Waals surface area (Å²) in [6, 6.07) is 5.40. The summed E-state index contributed by atoms with van der Waals surface area (Å²) in [6.45, 7) is 0.312. The molecule has 2 rings (SSSR count). The molecule has 1 aliphatic carbocycles. The van der Waals surface area contributed by atoms with Gasteiger partial charge in [0.05, 0.1) is 25.0 Å². The highest BCUT2D eigenvalue weighted by atomic mass is 16.5. The van der Waals surface area contributed by atoms with Gasteiger partial charge in [-0.25, -0.2) is 0 Å². The standard InChI is InChI=1S/C14H20N2O3/c1-19-12-7-3-6-11(13(12)15)14(18)16(8-9-17)10-4-2-5-10/h3,6-7,10,17H,2,4-5,8-9,15H2,1H3. The molecule has 5 heteroatoms. The number of ether oxygens (including phenoxy) is 1. The summed E-state index contributed by atoms with van der Waals surface area (Å²) in [5, 5.41) is 9.12. The maximum absolute atomic E-state index is 12.5. The van der Waals surface area contributed by atoms with Crippen LogP contribution in [0.3, 0.4) is 0 Å². The molecule has 0 atom stereocenters. The van der Waals surface area contributed by atoms with E-state index in [9.17, 15) is 4.79 Å². The van der Waals surface area contributed by atoms with Gasteiger partial charge in [-0.15, -0.1) is 0 Å². The summed E-state index contributed by atoms with van der Waals surface area (Å²) >= 11 is 0. The molecule has 0 aliphatic heterocycles. The first kappa shape index (κ1) is 13.7. The third-order valence-corrected chi connectivity index (χ3v) is 3.63. The number of methoxy groups -OCH3 is 1. The summed E-state index contributed by atoms with van der Waals surface area (Å²) < 4.78 is 5.13. The molecule has 0 radical (unpaired) electrons. The van der Waals surface area contributed by atoms with E-state index in [0.29, 0.717) is 23.5 Å². The third kappa shape index (κ3) is 2.66. The Labute approximate surface area is 113 Å². The number of nitrogen functional groups attached to an aromatic ring is 1. The van der Waals surface area contributed by atoms with E-state index in [1.54, 1.807) is 23.1 Å². The number of aliphatic hydroxyl groups excluding tert-OH is 1. The zero-order valence-corrected chi connectivity index (χ0v) is 11.1. The Morgan fingerprint density at radius 3 is 2.79 bits per heavy atom. The normalized spacial score (nSPS) is 14.8. The molecule has 1 amide bonds. The van der Waals surface area contributed by atoms with E-state index in [1.165, 1.54) is 7.11 Å². The minimum Gasteiger partial charge on any atom is -0.495 e. The average molecular weight is 264 g/mol. The SMILES string of the molecule is COc1cccc(C(=O)N(CCO)C2CCC2)c1N. The second-order valence-electron chi connectivity index (χ2n) is 4.73. The van der Waals surface area contributed by atoms with Crippen molar-refractivity contribution in [2.24, 2.45) is 0 Å². The van der Waals surface area contributed by atoms with Crippen LogP contribution in [0.5, 0.6) is 5.75 Å². The monoisotopic (exact) mass is 264 g/mol. The number of carbonyl (C=O) groups excluding carboxylic acids is 1. The molecular formula is C14H20N2O3. The maximum atomic E-state index is 12.5. The van der Waals surface area contributed by atoms with Gasteiger partial charge in [0.25, 0.3) is 5.91 Å². The summed E-state index contributed by atoms with van der Waals surface area (Å²) in [5.41, 5.74) is 6.76. The van der Waals surface area contributed by atoms with Crippen molar-refractivity contribution in [2.75, 3.05) is 26.0 Å². The quantitative estimate of drug-likeness (QED) is 0.785. The first-order valence-electron chi connectivity index (χ1n) is 6.53. The zero-order valence-electron chi connectivity index (χ0n) is 11.1. The lowest BCUT2D eigenvalue weighted by Crippen LogP contribution is -2.45. The molecular weight excluding hydrogens is 244 g/mol. The number of aliphatic hydroxyl groups is 1. The van der Waals surface area contributed by atoms with Gasteiger partial charge in [-0.1, -0.05) is 6.07 Å². The summed E-state index contributed by atoms with van der Waals surface area (Å²) in [4.78, 5) is 14.3. The van der Waals surface area contributed by atoms with Crippen molar-refractivity contribution in [1.82, 2.24) is 4.90 Å². The van der Waals surface area contributed by atoms with Crippen LogP contribution in [0, 0.1) is 0 Å². The molecule has 1 aliphatic rings. The molecule has 1 saturated carbocycles. The Kier molecular flexibility index (Phi) is 4.27. The van der Waals surface area contributed by atoms with E-state index in [4.69, 9.17) is 15.6 Å². The van der Waals surface area contributed by atoms with Gasteiger partial charge in [0.1, 0.15) is 5.75 Å². The number of rotatable bonds is 5. The van der Waals surface area contributed by atoms with Gasteiger partial charge in [0.15, 0.2) is 0 Å². The van der Waals surface area contributed by atoms with Crippen LogP contribution in [0.4, 0.5) is 5.69 Å². The number of hydrogen-bond donors (Lipinski definition) is 2. The van der Waals surface area contributed by atoms with Crippen molar-refractivity contribution in [3.63, 3.8) is 0 Å². The number of carbonyl (C=O) groups is 1. The topological polar surface area (TPSA) is 75.8 Å². The van der Waals surface area contributed by atoms with E-state index in [2.05, 4.69) is 0 Å². The zero-order chi connectivity index (χ0) is 13.8. The van der Waals surface area contributed by atoms with Crippen molar-refractivity contribution in [1.29, 1.82) is 0 Å². The van der Waals surface area contributed by atoms with Crippen LogP contribution >= 0.6 is 0 Å². The Morgan fingerprint density at radius 1 is 1.53 bits per heavy atom. The molecule has 1 aromatic rings. The fraction of sp³-hybridized carbons (Fsp3) is 0.500. The van der Waals surface area contributed by atoms with E-state index >= 15 is 0 Å². The molecule has 5 nitrogen and oxygen atoms in total. The number of nitrogens with zero attached hydrogens (tertiary/aromatic N) is 1. The molecule has 0 heterocycles. The first-order chi connectivity index (χ1) is 9.19. The van der Waals surface area contributed by atoms with Crippen LogP contribution in [0.15, 0.2) is 18.2 Å². The molecule has 104 valence electrons. The smallest absolute Gasteiger partial charge is 0.256 e. The highest BCUT2D eigenvalue weighted by Gasteiger charge is 2.30. The highest BCUT2D eigenvalue weighted by Crippen LogP contribution is 2.30. The highest BCUT2D eigenvalue weighted by molar-refractivity contribution is 6.00. The number of nitrogens with two attached hydrogens (primary N) is 1. The lowest BCUT2D eigenvalue weighted by molar-refractivity contribution is 0.0526. The summed E-state index contributed by atoms with van der Waals surface area (Å²) in [5.74, 6) is 0.374. The van der Waals surface area contributed by atoms with Gasteiger partial charge >= 0.3 is 0 Å². The van der Waals surface area contributed by atoms with Crippen LogP contribution in [0.1, 0.15) is 29.6 Å². The molecule has 1 fully saturated rings. The molecule has 0 bridgehead atoms. The Balaban J connectivity index is 2.25. The van der Waals surface area contributed by atoms with Crippen LogP contribution < -0.4 is 10.5 Å². The molecule has 0 unspecified atom stereocenters. The molecule has 3 N–H and O–H groups in total. The van der Waals surface area contributed by atoms with E-state index in [0.717, 1.165) is 19.3 Å². The van der Waals surface area contributed by atoms with E-state index in [1.807, 2.05) is 0 Å². The number of anilines is 1. The van der Waals surface area contributed by atoms with Crippen LogP contribution in [-0.2, 0) is 0 Å². The van der Waals surface area contributed by atoms with Gasteiger partial charge in [-0.2, -0.15) is 0 Å². The molecule has 1 aromatic carbocycles. The largest absolute Gasteiger partial charge is 0.495 e. The maximum Gasteiger partial charge on any atom is 0.256 e. The Morgan fingerprint density at radius 2 is 2.26 bits per heavy atom. The van der Waals surface area contributed by atoms with Gasteiger partial charge in [0.2, 0.25) is 0 Å². The van der Waals surface area contributed by atoms with Crippen molar-refractivity contribution < 1.29 is 14.6 Å². The number of hydrogen-bond acceptors (Lipinski definition) is 4. The molecule has 0 aromatic heterocycles. The molecule has 0 saturated heterocycles. The van der Waals surface area contributed by atoms with Gasteiger partial charge in [0, 0.05) is 12.6 Å². The fourth-order valence-corrected chi connectivity index (χ4v) is 2.32. The number of amides is 1. The lowest BCUT2D eigenvalue weighted by Gasteiger charge is -2.37. The van der Waals surface area contributed by atoms with Crippen molar-refractivity contribution >= 4 is 11.6 Å². The number of para-hydroxylation sites is 1. The van der Waals surface area contributed by atoms with Crippen LogP contribution in [0.25, 0.3) is 0 Å². The van der Waals surface area contributed by atoms with E-state index < -0.39 is 0 Å². The van der Waals surface area contributed by atoms with Crippen molar-refractivity contribution in [2.45, 2.75) is 25.3 Å². The lowest BCUT2D eigenvalue weighted by atomic mass is 9.91. The van der Waals surface area contributed by atoms with E-state index in [-0.39, 0.29) is 18.6 Å². The van der Waals surface area contributed by atoms with Crippen molar-refractivity contribution in [3.8, 4) is 5.75 Å². The van der Waals surface area contributed by atoms with Crippen LogP contribution in [-0.4, -0.2) is 42.2 Å². The predicted molar refractivity (Wildman–Crippen MR) is 73.2 cm³/mol. The fourth-order valence-electron chi connectivity index (χ4n) is 2.32. The summed E-state index contributed by atoms with van der Waals surface area (Å²) in [7, 11) is 1.53. The first-order valence-corrected chi connectivity index (χ1v) is 6.53. The predicted octanol–water partition coefficient (Wildman–Crippen LogP) is 1.26. The number of benzene rings is 1. The average Bonchev–Trinajstić information content (AvgIpc) is 2.35. The van der Waals surface area contributed by atoms with Crippen LogP contribution in [0.2, 0.25) is 0 Å². The summed E-state index contributed by atoms with van der Waals surface area (Å²) in [6.07, 6.45) is 3.12. The second kappa shape index (κ2) is 5.93. The van der Waals surface area contributed by atoms with Gasteiger partial charge in [-0.05, 0) is 31.4 Å².